The standard InChI is InChI=1S/C13H18ClNO4/c14-8-12(17)15-10(6-7-11(15)16)13(18)19-9-4-2-1-3-5-9/h9-10H,1-8H2. The zero-order valence-electron chi connectivity index (χ0n) is 10.8. The molecule has 1 unspecified atom stereocenters. The highest BCUT2D eigenvalue weighted by molar-refractivity contribution is 6.28. The highest BCUT2D eigenvalue weighted by Gasteiger charge is 2.41. The van der Waals surface area contributed by atoms with Crippen molar-refractivity contribution in [3.05, 3.63) is 0 Å². The molecule has 2 amide bonds. The van der Waals surface area contributed by atoms with Crippen molar-refractivity contribution in [3.8, 4) is 0 Å². The van der Waals surface area contributed by atoms with E-state index in [1.807, 2.05) is 0 Å². The Labute approximate surface area is 117 Å². The Kier molecular flexibility index (Phi) is 4.80. The van der Waals surface area contributed by atoms with Gasteiger partial charge < -0.3 is 4.74 Å². The van der Waals surface area contributed by atoms with Gasteiger partial charge in [0.05, 0.1) is 0 Å². The molecule has 6 heteroatoms. The summed E-state index contributed by atoms with van der Waals surface area (Å²) < 4.78 is 5.42. The number of likely N-dealkylation sites (tertiary alicyclic amines) is 1. The highest BCUT2D eigenvalue weighted by Crippen LogP contribution is 2.25. The number of nitrogens with zero attached hydrogens (tertiary/aromatic N) is 1. The van der Waals surface area contributed by atoms with E-state index in [1.165, 1.54) is 6.42 Å². The van der Waals surface area contributed by atoms with E-state index in [4.69, 9.17) is 16.3 Å². The third-order valence-electron chi connectivity index (χ3n) is 3.70. The van der Waals surface area contributed by atoms with Gasteiger partial charge in [0, 0.05) is 6.42 Å². The minimum absolute atomic E-state index is 0.0649. The molecule has 1 aliphatic heterocycles. The van der Waals surface area contributed by atoms with Gasteiger partial charge in [0.2, 0.25) is 11.8 Å². The number of carbonyl (C=O) groups is 3. The van der Waals surface area contributed by atoms with Crippen LogP contribution in [0.2, 0.25) is 0 Å². The smallest absolute Gasteiger partial charge is 0.329 e. The van der Waals surface area contributed by atoms with Crippen molar-refractivity contribution < 1.29 is 19.1 Å². The summed E-state index contributed by atoms with van der Waals surface area (Å²) in [6, 6.07) is -0.777. The van der Waals surface area contributed by atoms with Gasteiger partial charge in [-0.05, 0) is 32.1 Å². The van der Waals surface area contributed by atoms with Gasteiger partial charge in [-0.2, -0.15) is 0 Å². The Balaban J connectivity index is 1.97. The minimum Gasteiger partial charge on any atom is -0.461 e. The van der Waals surface area contributed by atoms with E-state index in [2.05, 4.69) is 0 Å². The summed E-state index contributed by atoms with van der Waals surface area (Å²) in [5, 5.41) is 0. The van der Waals surface area contributed by atoms with Crippen molar-refractivity contribution in [1.29, 1.82) is 0 Å². The molecule has 0 aromatic heterocycles. The largest absolute Gasteiger partial charge is 0.461 e. The van der Waals surface area contributed by atoms with Crippen LogP contribution < -0.4 is 0 Å². The predicted molar refractivity (Wildman–Crippen MR) is 68.6 cm³/mol. The van der Waals surface area contributed by atoms with Crippen LogP contribution in [-0.2, 0) is 19.1 Å². The number of amides is 2. The van der Waals surface area contributed by atoms with Gasteiger partial charge in [0.25, 0.3) is 0 Å². The lowest BCUT2D eigenvalue weighted by atomic mass is 9.98. The first-order valence-electron chi connectivity index (χ1n) is 6.75. The second-order valence-electron chi connectivity index (χ2n) is 5.04. The lowest BCUT2D eigenvalue weighted by Gasteiger charge is -2.26. The number of ether oxygens (including phenoxy) is 1. The predicted octanol–water partition coefficient (Wildman–Crippen LogP) is 1.62. The fourth-order valence-electron chi connectivity index (χ4n) is 2.71. The van der Waals surface area contributed by atoms with Crippen LogP contribution in [0.3, 0.4) is 0 Å². The normalized spacial score (nSPS) is 24.6. The summed E-state index contributed by atoms with van der Waals surface area (Å²) in [4.78, 5) is 36.3. The molecule has 0 aromatic rings. The van der Waals surface area contributed by atoms with Crippen LogP contribution in [0.5, 0.6) is 0 Å². The van der Waals surface area contributed by atoms with Crippen molar-refractivity contribution in [2.24, 2.45) is 0 Å². The van der Waals surface area contributed by atoms with Crippen molar-refractivity contribution in [1.82, 2.24) is 4.90 Å². The molecular weight excluding hydrogens is 270 g/mol. The summed E-state index contributed by atoms with van der Waals surface area (Å²) in [6.07, 6.45) is 5.51. The number of carbonyl (C=O) groups excluding carboxylic acids is 3. The number of imide groups is 1. The summed E-state index contributed by atoms with van der Waals surface area (Å²) >= 11 is 5.46. The van der Waals surface area contributed by atoms with Gasteiger partial charge >= 0.3 is 5.97 Å². The topological polar surface area (TPSA) is 63.7 Å². The van der Waals surface area contributed by atoms with Gasteiger partial charge in [-0.25, -0.2) is 4.79 Å². The van der Waals surface area contributed by atoms with Crippen LogP contribution in [-0.4, -0.2) is 40.7 Å². The van der Waals surface area contributed by atoms with Gasteiger partial charge in [-0.15, -0.1) is 11.6 Å². The Morgan fingerprint density at radius 2 is 1.89 bits per heavy atom. The first kappa shape index (κ1) is 14.3. The Bertz CT molecular complexity index is 379. The first-order chi connectivity index (χ1) is 9.13. The first-order valence-corrected chi connectivity index (χ1v) is 7.28. The number of esters is 1. The van der Waals surface area contributed by atoms with Crippen LogP contribution in [0.25, 0.3) is 0 Å². The second kappa shape index (κ2) is 6.37. The zero-order valence-corrected chi connectivity index (χ0v) is 11.5. The number of alkyl halides is 1. The van der Waals surface area contributed by atoms with E-state index >= 15 is 0 Å². The maximum Gasteiger partial charge on any atom is 0.329 e. The third-order valence-corrected chi connectivity index (χ3v) is 3.93. The lowest BCUT2D eigenvalue weighted by Crippen LogP contribution is -2.45. The lowest BCUT2D eigenvalue weighted by molar-refractivity contribution is -0.161. The van der Waals surface area contributed by atoms with Crippen molar-refractivity contribution >= 4 is 29.4 Å². The molecule has 5 nitrogen and oxygen atoms in total. The van der Waals surface area contributed by atoms with Crippen LogP contribution in [0, 0.1) is 0 Å². The van der Waals surface area contributed by atoms with Crippen LogP contribution in [0.1, 0.15) is 44.9 Å². The van der Waals surface area contributed by atoms with Gasteiger partial charge in [-0.1, -0.05) is 6.42 Å². The maximum atomic E-state index is 12.1. The van der Waals surface area contributed by atoms with Crippen molar-refractivity contribution in [2.75, 3.05) is 5.88 Å². The number of rotatable bonds is 3. The van der Waals surface area contributed by atoms with Crippen molar-refractivity contribution in [3.63, 3.8) is 0 Å². The molecule has 2 fully saturated rings. The maximum absolute atomic E-state index is 12.1. The summed E-state index contributed by atoms with van der Waals surface area (Å²) in [7, 11) is 0. The van der Waals surface area contributed by atoms with Gasteiger partial charge in [-0.3, -0.25) is 14.5 Å². The van der Waals surface area contributed by atoms with E-state index in [0.717, 1.165) is 30.6 Å². The summed E-state index contributed by atoms with van der Waals surface area (Å²) in [5.74, 6) is -1.61. The molecule has 106 valence electrons. The third kappa shape index (κ3) is 3.26. The quantitative estimate of drug-likeness (QED) is 0.584. The monoisotopic (exact) mass is 287 g/mol. The molecule has 1 aliphatic carbocycles. The fourth-order valence-corrected chi connectivity index (χ4v) is 2.84. The van der Waals surface area contributed by atoms with Crippen LogP contribution >= 0.6 is 11.6 Å². The Morgan fingerprint density at radius 1 is 1.21 bits per heavy atom. The summed E-state index contributed by atoms with van der Waals surface area (Å²) in [5.41, 5.74) is 0. The van der Waals surface area contributed by atoms with E-state index in [0.29, 0.717) is 6.42 Å². The van der Waals surface area contributed by atoms with E-state index in [-0.39, 0.29) is 24.3 Å². The molecule has 0 aromatic carbocycles. The molecule has 1 saturated heterocycles. The number of halogens is 1. The molecule has 0 N–H and O–H groups in total. The molecular formula is C13H18ClNO4. The summed E-state index contributed by atoms with van der Waals surface area (Å²) in [6.45, 7) is 0. The Hall–Kier alpha value is -1.10. The van der Waals surface area contributed by atoms with E-state index in [1.54, 1.807) is 0 Å². The van der Waals surface area contributed by atoms with Crippen LogP contribution in [0.15, 0.2) is 0 Å². The van der Waals surface area contributed by atoms with Crippen molar-refractivity contribution in [2.45, 2.75) is 57.1 Å². The van der Waals surface area contributed by atoms with E-state index in [9.17, 15) is 14.4 Å². The average Bonchev–Trinajstić information content (AvgIpc) is 2.81. The molecule has 19 heavy (non-hydrogen) atoms. The Morgan fingerprint density at radius 3 is 2.53 bits per heavy atom. The molecule has 1 atom stereocenters. The molecule has 0 bridgehead atoms. The second-order valence-corrected chi connectivity index (χ2v) is 5.31. The zero-order chi connectivity index (χ0) is 13.8. The van der Waals surface area contributed by atoms with Crippen LogP contribution in [0.4, 0.5) is 0 Å². The highest BCUT2D eigenvalue weighted by atomic mass is 35.5. The average molecular weight is 288 g/mol. The SMILES string of the molecule is O=C(OC1CCCCC1)C1CCC(=O)N1C(=O)CCl. The van der Waals surface area contributed by atoms with Gasteiger partial charge in [0.1, 0.15) is 18.0 Å². The number of hydrogen-bond acceptors (Lipinski definition) is 4. The molecule has 2 rings (SSSR count). The molecule has 1 heterocycles. The molecule has 0 spiro atoms. The molecule has 1 saturated carbocycles. The molecule has 0 radical (unpaired) electrons. The van der Waals surface area contributed by atoms with Gasteiger partial charge in [0.15, 0.2) is 0 Å². The minimum atomic E-state index is -0.777. The fraction of sp³-hybridized carbons (Fsp3) is 0.769. The molecule has 2 aliphatic rings. The van der Waals surface area contributed by atoms with E-state index < -0.39 is 17.9 Å². The number of hydrogen-bond donors (Lipinski definition) is 0.